The van der Waals surface area contributed by atoms with Crippen LogP contribution in [-0.4, -0.2) is 5.11 Å². The summed E-state index contributed by atoms with van der Waals surface area (Å²) in [4.78, 5) is 1.13. The predicted molar refractivity (Wildman–Crippen MR) is 78.7 cm³/mol. The lowest BCUT2D eigenvalue weighted by atomic mass is 10.2. The van der Waals surface area contributed by atoms with Gasteiger partial charge in [-0.2, -0.15) is 0 Å². The third-order valence-electron chi connectivity index (χ3n) is 2.86. The molecule has 0 bridgehead atoms. The molecule has 3 aromatic rings. The molecule has 0 saturated heterocycles. The quantitative estimate of drug-likeness (QED) is 0.713. The van der Waals surface area contributed by atoms with Crippen LogP contribution in [0.15, 0.2) is 48.5 Å². The number of thiophene rings is 1. The molecule has 0 aliphatic heterocycles. The molecule has 3 rings (SSSR count). The molecule has 0 aliphatic carbocycles. The smallest absolute Gasteiger partial charge is 0.122 e. The highest BCUT2D eigenvalue weighted by atomic mass is 32.1. The molecule has 0 atom stereocenters. The summed E-state index contributed by atoms with van der Waals surface area (Å²) in [7, 11) is 0. The minimum absolute atomic E-state index is 0.238. The first-order valence-electron chi connectivity index (χ1n) is 5.91. The summed E-state index contributed by atoms with van der Waals surface area (Å²) in [5.41, 5.74) is 6.73. The monoisotopic (exact) mass is 271 g/mol. The van der Waals surface area contributed by atoms with E-state index in [1.165, 1.54) is 4.70 Å². The van der Waals surface area contributed by atoms with Gasteiger partial charge in [-0.25, -0.2) is 0 Å². The van der Waals surface area contributed by atoms with E-state index in [1.807, 2.05) is 12.1 Å². The van der Waals surface area contributed by atoms with Gasteiger partial charge in [0.25, 0.3) is 0 Å². The zero-order valence-corrected chi connectivity index (χ0v) is 11.0. The summed E-state index contributed by atoms with van der Waals surface area (Å²) >= 11 is 1.68. The van der Waals surface area contributed by atoms with Gasteiger partial charge in [-0.05, 0) is 42.5 Å². The summed E-state index contributed by atoms with van der Waals surface area (Å²) in [5, 5.41) is 10.3. The Morgan fingerprint density at radius 3 is 2.63 bits per heavy atom. The van der Waals surface area contributed by atoms with Crippen molar-refractivity contribution in [2.75, 3.05) is 5.73 Å². The predicted octanol–water partition coefficient (Wildman–Crippen LogP) is 3.77. The van der Waals surface area contributed by atoms with Crippen LogP contribution in [0.3, 0.4) is 0 Å². The van der Waals surface area contributed by atoms with Crippen molar-refractivity contribution < 1.29 is 9.84 Å². The van der Waals surface area contributed by atoms with E-state index in [-0.39, 0.29) is 5.75 Å². The molecule has 0 spiro atoms. The van der Waals surface area contributed by atoms with Gasteiger partial charge in [-0.15, -0.1) is 11.3 Å². The van der Waals surface area contributed by atoms with Crippen LogP contribution in [0.1, 0.15) is 4.88 Å². The van der Waals surface area contributed by atoms with Crippen molar-refractivity contribution in [1.82, 2.24) is 0 Å². The lowest BCUT2D eigenvalue weighted by Crippen LogP contribution is -1.92. The molecule has 0 unspecified atom stereocenters. The van der Waals surface area contributed by atoms with Crippen molar-refractivity contribution in [2.45, 2.75) is 6.61 Å². The van der Waals surface area contributed by atoms with E-state index in [1.54, 1.807) is 35.6 Å². The molecule has 1 aromatic heterocycles. The molecule has 96 valence electrons. The average Bonchev–Trinajstić information content (AvgIpc) is 2.83. The molecule has 3 N–H and O–H groups in total. The highest BCUT2D eigenvalue weighted by molar-refractivity contribution is 7.19. The van der Waals surface area contributed by atoms with Crippen LogP contribution < -0.4 is 10.5 Å². The molecule has 1 heterocycles. The summed E-state index contributed by atoms with van der Waals surface area (Å²) in [5.74, 6) is 0.977. The van der Waals surface area contributed by atoms with E-state index in [4.69, 9.17) is 10.5 Å². The van der Waals surface area contributed by atoms with E-state index < -0.39 is 0 Å². The second-order valence-electron chi connectivity index (χ2n) is 4.25. The zero-order chi connectivity index (χ0) is 13.2. The maximum absolute atomic E-state index is 9.20. The molecule has 0 aliphatic rings. The minimum Gasteiger partial charge on any atom is -0.508 e. The third kappa shape index (κ3) is 2.48. The number of hydrogen-bond acceptors (Lipinski definition) is 4. The maximum Gasteiger partial charge on any atom is 0.122 e. The van der Waals surface area contributed by atoms with Crippen molar-refractivity contribution in [3.05, 3.63) is 53.4 Å². The molecule has 0 saturated carbocycles. The number of hydrogen-bond donors (Lipinski definition) is 2. The van der Waals surface area contributed by atoms with Crippen LogP contribution in [0.2, 0.25) is 0 Å². The number of anilines is 1. The van der Waals surface area contributed by atoms with E-state index in [9.17, 15) is 5.11 Å². The van der Waals surface area contributed by atoms with Gasteiger partial charge in [0, 0.05) is 20.7 Å². The van der Waals surface area contributed by atoms with Gasteiger partial charge < -0.3 is 15.6 Å². The van der Waals surface area contributed by atoms with Gasteiger partial charge in [0.15, 0.2) is 0 Å². The third-order valence-corrected chi connectivity index (χ3v) is 3.94. The van der Waals surface area contributed by atoms with Crippen molar-refractivity contribution in [2.24, 2.45) is 0 Å². The molecular formula is C15H13NO2S. The molecule has 4 heteroatoms. The second-order valence-corrected chi connectivity index (χ2v) is 5.42. The number of rotatable bonds is 3. The van der Waals surface area contributed by atoms with Gasteiger partial charge in [-0.3, -0.25) is 0 Å². The van der Waals surface area contributed by atoms with E-state index in [2.05, 4.69) is 12.1 Å². The van der Waals surface area contributed by atoms with Crippen molar-refractivity contribution >= 4 is 27.1 Å². The number of ether oxygens (including phenoxy) is 1. The highest BCUT2D eigenvalue weighted by Gasteiger charge is 2.05. The highest BCUT2D eigenvalue weighted by Crippen LogP contribution is 2.30. The first-order chi connectivity index (χ1) is 9.22. The van der Waals surface area contributed by atoms with Crippen LogP contribution in [0.25, 0.3) is 10.1 Å². The van der Waals surface area contributed by atoms with Gasteiger partial charge in [-0.1, -0.05) is 6.07 Å². The van der Waals surface area contributed by atoms with Gasteiger partial charge in [0.1, 0.15) is 18.1 Å². The fourth-order valence-electron chi connectivity index (χ4n) is 1.90. The standard InChI is InChI=1S/C15H13NO2S/c16-14-2-1-3-15-13(14)8-12(19-15)9-18-11-6-4-10(17)5-7-11/h1-8,17H,9,16H2. The summed E-state index contributed by atoms with van der Waals surface area (Å²) < 4.78 is 6.85. The lowest BCUT2D eigenvalue weighted by molar-refractivity contribution is 0.309. The Labute approximate surface area is 114 Å². The number of nitrogens with two attached hydrogens (primary N) is 1. The number of benzene rings is 2. The average molecular weight is 271 g/mol. The van der Waals surface area contributed by atoms with Crippen LogP contribution >= 0.6 is 11.3 Å². The molecular weight excluding hydrogens is 258 g/mol. The molecule has 2 aromatic carbocycles. The largest absolute Gasteiger partial charge is 0.508 e. The summed E-state index contributed by atoms with van der Waals surface area (Å²) in [6, 6.07) is 14.7. The Hall–Kier alpha value is -2.20. The Balaban J connectivity index is 1.78. The van der Waals surface area contributed by atoms with Crippen molar-refractivity contribution in [3.63, 3.8) is 0 Å². The van der Waals surface area contributed by atoms with Gasteiger partial charge in [0.05, 0.1) is 0 Å². The van der Waals surface area contributed by atoms with E-state index in [0.717, 1.165) is 21.7 Å². The molecule has 0 radical (unpaired) electrons. The van der Waals surface area contributed by atoms with Crippen molar-refractivity contribution in [3.8, 4) is 11.5 Å². The fraction of sp³-hybridized carbons (Fsp3) is 0.0667. The zero-order valence-electron chi connectivity index (χ0n) is 10.2. The fourth-order valence-corrected chi connectivity index (χ4v) is 2.91. The Bertz CT molecular complexity index is 704. The first kappa shape index (κ1) is 11.9. The number of aromatic hydroxyl groups is 1. The topological polar surface area (TPSA) is 55.5 Å². The summed E-state index contributed by atoms with van der Waals surface area (Å²) in [6.45, 7) is 0.504. The number of phenols is 1. The lowest BCUT2D eigenvalue weighted by Gasteiger charge is -2.03. The molecule has 0 fully saturated rings. The number of nitrogen functional groups attached to an aromatic ring is 1. The van der Waals surface area contributed by atoms with E-state index >= 15 is 0 Å². The second kappa shape index (κ2) is 4.82. The maximum atomic E-state index is 9.20. The Morgan fingerprint density at radius 1 is 1.11 bits per heavy atom. The van der Waals surface area contributed by atoms with Crippen LogP contribution in [-0.2, 0) is 6.61 Å². The van der Waals surface area contributed by atoms with Crippen LogP contribution in [0.5, 0.6) is 11.5 Å². The number of phenolic OH excluding ortho intramolecular Hbond substituents is 1. The summed E-state index contributed by atoms with van der Waals surface area (Å²) in [6.07, 6.45) is 0. The van der Waals surface area contributed by atoms with Gasteiger partial charge in [0.2, 0.25) is 0 Å². The molecule has 0 amide bonds. The molecule has 19 heavy (non-hydrogen) atoms. The van der Waals surface area contributed by atoms with Crippen LogP contribution in [0.4, 0.5) is 5.69 Å². The first-order valence-corrected chi connectivity index (χ1v) is 6.73. The Kier molecular flexibility index (Phi) is 3.01. The number of fused-ring (bicyclic) bond motifs is 1. The Morgan fingerprint density at radius 2 is 1.89 bits per heavy atom. The molecule has 3 nitrogen and oxygen atoms in total. The minimum atomic E-state index is 0.238. The van der Waals surface area contributed by atoms with E-state index in [0.29, 0.717) is 6.61 Å². The van der Waals surface area contributed by atoms with Crippen molar-refractivity contribution in [1.29, 1.82) is 0 Å². The van der Waals surface area contributed by atoms with Crippen LogP contribution in [0, 0.1) is 0 Å². The SMILES string of the molecule is Nc1cccc2sc(COc3ccc(O)cc3)cc12. The normalized spacial score (nSPS) is 10.7. The van der Waals surface area contributed by atoms with Gasteiger partial charge >= 0.3 is 0 Å².